The lowest BCUT2D eigenvalue weighted by Gasteiger charge is -1.92. The largest absolute Gasteiger partial charge is 0.286 e. The van der Waals surface area contributed by atoms with Gasteiger partial charge in [-0.15, -0.1) is 0 Å². The molecule has 0 radical (unpaired) electrons. The minimum Gasteiger partial charge on any atom is -0.286 e. The zero-order valence-corrected chi connectivity index (χ0v) is 8.01. The van der Waals surface area contributed by atoms with Gasteiger partial charge in [0.05, 0.1) is 11.1 Å². The summed E-state index contributed by atoms with van der Waals surface area (Å²) in [4.78, 5) is 0. The van der Waals surface area contributed by atoms with E-state index in [9.17, 15) is 8.42 Å². The Balaban J connectivity index is 2.29. The highest BCUT2D eigenvalue weighted by atomic mass is 32.2. The zero-order chi connectivity index (χ0) is 9.03. The molecule has 1 aromatic rings. The van der Waals surface area contributed by atoms with Crippen LogP contribution in [0.15, 0.2) is 17.1 Å². The average molecular weight is 208 g/mol. The lowest BCUT2D eigenvalue weighted by Crippen LogP contribution is -2.31. The molecule has 1 rings (SSSR count). The van der Waals surface area contributed by atoms with Crippen molar-refractivity contribution in [3.8, 4) is 0 Å². The monoisotopic (exact) mass is 208 g/mol. The standard InChI is InChI=1S/C6H9NO3S2/c8-12(9,10)5-1-2-7-3-4-11-6-7/h3-4,6H,1-2,5H2/p+1. The number of thiazole rings is 1. The van der Waals surface area contributed by atoms with Gasteiger partial charge in [0.2, 0.25) is 5.51 Å². The molecule has 0 amide bonds. The normalized spacial score (nSPS) is 11.8. The number of hydrogen-bond acceptors (Lipinski definition) is 3. The fourth-order valence-corrected chi connectivity index (χ4v) is 1.94. The molecule has 12 heavy (non-hydrogen) atoms. The van der Waals surface area contributed by atoms with E-state index >= 15 is 0 Å². The molecule has 1 heterocycles. The minimum absolute atomic E-state index is 0.171. The quantitative estimate of drug-likeness (QED) is 0.572. The third-order valence-electron chi connectivity index (χ3n) is 1.35. The Bertz CT molecular complexity index is 317. The summed E-state index contributed by atoms with van der Waals surface area (Å²) in [5.74, 6) is -0.171. The number of aryl methyl sites for hydroxylation is 1. The maximum Gasteiger partial charge on any atom is 0.265 e. The second-order valence-corrected chi connectivity index (χ2v) is 4.73. The van der Waals surface area contributed by atoms with Gasteiger partial charge in [-0.2, -0.15) is 13.0 Å². The van der Waals surface area contributed by atoms with E-state index < -0.39 is 10.1 Å². The van der Waals surface area contributed by atoms with Crippen molar-refractivity contribution in [2.24, 2.45) is 0 Å². The van der Waals surface area contributed by atoms with E-state index in [1.54, 1.807) is 11.3 Å². The first kappa shape index (κ1) is 9.63. The van der Waals surface area contributed by atoms with Crippen molar-refractivity contribution in [3.63, 3.8) is 0 Å². The summed E-state index contributed by atoms with van der Waals surface area (Å²) in [6.07, 6.45) is 2.31. The first-order chi connectivity index (χ1) is 5.58. The van der Waals surface area contributed by atoms with Crippen LogP contribution in [0, 0.1) is 0 Å². The Morgan fingerprint density at radius 1 is 1.50 bits per heavy atom. The topological polar surface area (TPSA) is 58.3 Å². The van der Waals surface area contributed by atoms with Crippen molar-refractivity contribution in [3.05, 3.63) is 17.1 Å². The van der Waals surface area contributed by atoms with Crippen molar-refractivity contribution < 1.29 is 17.5 Å². The van der Waals surface area contributed by atoms with E-state index in [-0.39, 0.29) is 5.75 Å². The highest BCUT2D eigenvalue weighted by molar-refractivity contribution is 7.85. The van der Waals surface area contributed by atoms with Crippen LogP contribution < -0.4 is 4.57 Å². The van der Waals surface area contributed by atoms with Crippen molar-refractivity contribution in [1.29, 1.82) is 0 Å². The second kappa shape index (κ2) is 3.97. The van der Waals surface area contributed by atoms with Gasteiger partial charge in [-0.05, 0) is 0 Å². The van der Waals surface area contributed by atoms with Crippen LogP contribution in [-0.2, 0) is 16.7 Å². The van der Waals surface area contributed by atoms with E-state index in [0.29, 0.717) is 13.0 Å². The predicted octanol–water partition coefficient (Wildman–Crippen LogP) is 0.314. The average Bonchev–Trinajstić information content (AvgIpc) is 2.36. The number of rotatable bonds is 4. The van der Waals surface area contributed by atoms with Crippen molar-refractivity contribution in [2.75, 3.05) is 5.75 Å². The minimum atomic E-state index is -3.79. The Hall–Kier alpha value is -0.460. The summed E-state index contributed by atoms with van der Waals surface area (Å²) in [6, 6.07) is 0. The Morgan fingerprint density at radius 2 is 2.25 bits per heavy atom. The molecule has 1 aromatic heterocycles. The van der Waals surface area contributed by atoms with Crippen molar-refractivity contribution in [2.45, 2.75) is 13.0 Å². The van der Waals surface area contributed by atoms with Gasteiger partial charge in [0.1, 0.15) is 6.54 Å². The maximum atomic E-state index is 10.3. The molecule has 0 fully saturated rings. The van der Waals surface area contributed by atoms with Gasteiger partial charge in [0.15, 0.2) is 6.20 Å². The third kappa shape index (κ3) is 3.80. The van der Waals surface area contributed by atoms with Crippen LogP contribution in [0.2, 0.25) is 0 Å². The van der Waals surface area contributed by atoms with Gasteiger partial charge in [-0.25, -0.2) is 0 Å². The molecule has 68 valence electrons. The molecule has 0 aromatic carbocycles. The van der Waals surface area contributed by atoms with Gasteiger partial charge in [-0.3, -0.25) is 4.55 Å². The molecule has 0 aliphatic carbocycles. The molecule has 1 N–H and O–H groups in total. The summed E-state index contributed by atoms with van der Waals surface area (Å²) in [7, 11) is -3.79. The molecule has 0 spiro atoms. The SMILES string of the molecule is O=S(=O)(O)CCC[n+]1ccsc1. The first-order valence-electron chi connectivity index (χ1n) is 3.44. The van der Waals surface area contributed by atoms with Crippen LogP contribution in [0.4, 0.5) is 0 Å². The Labute approximate surface area is 75.2 Å². The fraction of sp³-hybridized carbons (Fsp3) is 0.500. The van der Waals surface area contributed by atoms with Crippen molar-refractivity contribution >= 4 is 21.5 Å². The van der Waals surface area contributed by atoms with Gasteiger partial charge in [0, 0.05) is 6.42 Å². The number of nitrogens with zero attached hydrogens (tertiary/aromatic N) is 1. The van der Waals surface area contributed by atoms with Crippen LogP contribution in [0.3, 0.4) is 0 Å². The summed E-state index contributed by atoms with van der Waals surface area (Å²) in [6.45, 7) is 0.628. The van der Waals surface area contributed by atoms with E-state index in [2.05, 4.69) is 0 Å². The molecule has 0 aliphatic rings. The molecule has 0 unspecified atom stereocenters. The first-order valence-corrected chi connectivity index (χ1v) is 5.99. The Kier molecular flexibility index (Phi) is 3.19. The van der Waals surface area contributed by atoms with Gasteiger partial charge in [0.25, 0.3) is 10.1 Å². The molecule has 0 bridgehead atoms. The summed E-state index contributed by atoms with van der Waals surface area (Å²) < 4.78 is 30.9. The van der Waals surface area contributed by atoms with E-state index in [0.717, 1.165) is 0 Å². The lowest BCUT2D eigenvalue weighted by atomic mass is 10.5. The second-order valence-electron chi connectivity index (χ2n) is 2.40. The van der Waals surface area contributed by atoms with E-state index in [1.807, 2.05) is 21.7 Å². The smallest absolute Gasteiger partial charge is 0.265 e. The lowest BCUT2D eigenvalue weighted by molar-refractivity contribution is -0.692. The molecule has 0 saturated carbocycles. The molecular formula is C6H10NO3S2+. The van der Waals surface area contributed by atoms with Crippen LogP contribution in [0.1, 0.15) is 6.42 Å². The predicted molar refractivity (Wildman–Crippen MR) is 45.5 cm³/mol. The molecule has 4 nitrogen and oxygen atoms in total. The molecule has 0 aliphatic heterocycles. The number of aromatic nitrogens is 1. The van der Waals surface area contributed by atoms with Crippen LogP contribution in [0.25, 0.3) is 0 Å². The fourth-order valence-electron chi connectivity index (χ4n) is 0.819. The zero-order valence-electron chi connectivity index (χ0n) is 6.38. The Morgan fingerprint density at radius 3 is 2.75 bits per heavy atom. The third-order valence-corrected chi connectivity index (χ3v) is 2.82. The highest BCUT2D eigenvalue weighted by Crippen LogP contribution is 1.91. The van der Waals surface area contributed by atoms with Crippen molar-refractivity contribution in [1.82, 2.24) is 0 Å². The van der Waals surface area contributed by atoms with Gasteiger partial charge >= 0.3 is 0 Å². The van der Waals surface area contributed by atoms with Crippen LogP contribution in [0.5, 0.6) is 0 Å². The highest BCUT2D eigenvalue weighted by Gasteiger charge is 2.06. The molecule has 0 atom stereocenters. The summed E-state index contributed by atoms with van der Waals surface area (Å²) >= 11 is 1.55. The van der Waals surface area contributed by atoms with Crippen LogP contribution >= 0.6 is 11.3 Å². The van der Waals surface area contributed by atoms with Gasteiger partial charge in [-0.1, -0.05) is 11.3 Å². The van der Waals surface area contributed by atoms with Crippen LogP contribution in [-0.4, -0.2) is 18.7 Å². The summed E-state index contributed by atoms with van der Waals surface area (Å²) in [5.41, 5.74) is 1.89. The van der Waals surface area contributed by atoms with E-state index in [4.69, 9.17) is 4.55 Å². The molecule has 0 saturated heterocycles. The molecular weight excluding hydrogens is 198 g/mol. The summed E-state index contributed by atoms with van der Waals surface area (Å²) in [5, 5.41) is 1.91. The van der Waals surface area contributed by atoms with E-state index in [1.165, 1.54) is 0 Å². The molecule has 6 heteroatoms. The number of hydrogen-bond donors (Lipinski definition) is 1. The maximum absolute atomic E-state index is 10.3. The van der Waals surface area contributed by atoms with Gasteiger partial charge < -0.3 is 0 Å².